The summed E-state index contributed by atoms with van der Waals surface area (Å²) in [6, 6.07) is 3.58. The smallest absolute Gasteiger partial charge is 0.394 e. The van der Waals surface area contributed by atoms with Crippen LogP contribution in [-0.2, 0) is 10.9 Å². The molecule has 0 saturated carbocycles. The quantitative estimate of drug-likeness (QED) is 0.701. The molecule has 0 aliphatic carbocycles. The molecule has 1 aromatic carbocycles. The Kier molecular flexibility index (Phi) is 6.26. The number of benzene rings is 1. The van der Waals surface area contributed by atoms with E-state index in [2.05, 4.69) is 10.6 Å². The second-order valence-electron chi connectivity index (χ2n) is 3.79. The third kappa shape index (κ3) is 5.89. The number of nitrogens with one attached hydrogen (secondary N) is 2. The van der Waals surface area contributed by atoms with Crippen LogP contribution in [0.15, 0.2) is 24.3 Å². The maximum atomic E-state index is 12.3. The standard InChI is InChI=1S/C12H15F3N2O3/c13-12(14,15)9-1-3-10(4-2-9)17-11(19)16-5-7-20-8-6-18/h1-4,18H,5-8H2,(H2,16,17,19). The molecule has 0 unspecified atom stereocenters. The molecule has 2 amide bonds. The van der Waals surface area contributed by atoms with Gasteiger partial charge >= 0.3 is 12.2 Å². The zero-order valence-electron chi connectivity index (χ0n) is 10.5. The van der Waals surface area contributed by atoms with Gasteiger partial charge in [0.05, 0.1) is 25.4 Å². The maximum absolute atomic E-state index is 12.3. The number of carbonyl (C=O) groups excluding carboxylic acids is 1. The largest absolute Gasteiger partial charge is 0.416 e. The number of anilines is 1. The van der Waals surface area contributed by atoms with Gasteiger partial charge in [-0.2, -0.15) is 13.2 Å². The molecule has 0 atom stereocenters. The number of hydrogen-bond acceptors (Lipinski definition) is 3. The van der Waals surface area contributed by atoms with Crippen molar-refractivity contribution in [3.8, 4) is 0 Å². The van der Waals surface area contributed by atoms with Gasteiger partial charge in [-0.25, -0.2) is 4.79 Å². The molecule has 0 spiro atoms. The summed E-state index contributed by atoms with van der Waals surface area (Å²) in [4.78, 5) is 11.4. The van der Waals surface area contributed by atoms with Crippen LogP contribution >= 0.6 is 0 Å². The SMILES string of the molecule is O=C(NCCOCCO)Nc1ccc(C(F)(F)F)cc1. The summed E-state index contributed by atoms with van der Waals surface area (Å²) in [5.74, 6) is 0. The van der Waals surface area contributed by atoms with Gasteiger partial charge in [0.1, 0.15) is 0 Å². The molecule has 0 bridgehead atoms. The van der Waals surface area contributed by atoms with Crippen molar-refractivity contribution in [3.63, 3.8) is 0 Å². The van der Waals surface area contributed by atoms with E-state index in [4.69, 9.17) is 9.84 Å². The molecular formula is C12H15F3N2O3. The van der Waals surface area contributed by atoms with Crippen LogP contribution in [-0.4, -0.2) is 37.5 Å². The van der Waals surface area contributed by atoms with E-state index < -0.39 is 17.8 Å². The zero-order valence-corrected chi connectivity index (χ0v) is 10.5. The van der Waals surface area contributed by atoms with E-state index in [9.17, 15) is 18.0 Å². The van der Waals surface area contributed by atoms with E-state index >= 15 is 0 Å². The van der Waals surface area contributed by atoms with Crippen molar-refractivity contribution >= 4 is 11.7 Å². The Morgan fingerprint density at radius 2 is 1.85 bits per heavy atom. The lowest BCUT2D eigenvalue weighted by molar-refractivity contribution is -0.137. The number of aliphatic hydroxyl groups is 1. The Morgan fingerprint density at radius 3 is 2.40 bits per heavy atom. The Hall–Kier alpha value is -1.80. The topological polar surface area (TPSA) is 70.6 Å². The van der Waals surface area contributed by atoms with Gasteiger partial charge in [0.25, 0.3) is 0 Å². The number of halogens is 3. The molecule has 3 N–H and O–H groups in total. The summed E-state index contributed by atoms with van der Waals surface area (Å²) in [7, 11) is 0. The van der Waals surface area contributed by atoms with Gasteiger partial charge < -0.3 is 20.5 Å². The molecule has 0 fully saturated rings. The van der Waals surface area contributed by atoms with Crippen LogP contribution in [0.1, 0.15) is 5.56 Å². The predicted molar refractivity (Wildman–Crippen MR) is 66.4 cm³/mol. The Labute approximate surface area is 113 Å². The van der Waals surface area contributed by atoms with Crippen LogP contribution in [0.5, 0.6) is 0 Å². The third-order valence-corrected chi connectivity index (χ3v) is 2.24. The molecule has 0 aliphatic rings. The highest BCUT2D eigenvalue weighted by Crippen LogP contribution is 2.29. The van der Waals surface area contributed by atoms with Crippen LogP contribution in [0, 0.1) is 0 Å². The first-order valence-electron chi connectivity index (χ1n) is 5.84. The van der Waals surface area contributed by atoms with E-state index in [0.717, 1.165) is 12.1 Å². The van der Waals surface area contributed by atoms with Crippen LogP contribution in [0.2, 0.25) is 0 Å². The van der Waals surface area contributed by atoms with Crippen molar-refractivity contribution < 1.29 is 27.8 Å². The van der Waals surface area contributed by atoms with Gasteiger partial charge in [-0.3, -0.25) is 0 Å². The molecular weight excluding hydrogens is 277 g/mol. The lowest BCUT2D eigenvalue weighted by atomic mass is 10.2. The van der Waals surface area contributed by atoms with Crippen LogP contribution in [0.4, 0.5) is 23.7 Å². The monoisotopic (exact) mass is 292 g/mol. The van der Waals surface area contributed by atoms with Gasteiger partial charge in [0.2, 0.25) is 0 Å². The maximum Gasteiger partial charge on any atom is 0.416 e. The number of alkyl halides is 3. The van der Waals surface area contributed by atoms with Gasteiger partial charge in [-0.05, 0) is 24.3 Å². The van der Waals surface area contributed by atoms with Crippen molar-refractivity contribution in [2.24, 2.45) is 0 Å². The zero-order chi connectivity index (χ0) is 15.0. The summed E-state index contributed by atoms with van der Waals surface area (Å²) in [5, 5.41) is 13.3. The number of urea groups is 1. The van der Waals surface area contributed by atoms with Crippen molar-refractivity contribution in [2.45, 2.75) is 6.18 Å². The molecule has 0 aliphatic heterocycles. The number of rotatable bonds is 6. The Morgan fingerprint density at radius 1 is 1.20 bits per heavy atom. The fourth-order valence-corrected chi connectivity index (χ4v) is 1.32. The fourth-order valence-electron chi connectivity index (χ4n) is 1.32. The summed E-state index contributed by atoms with van der Waals surface area (Å²) in [6.07, 6.45) is -4.40. The minimum Gasteiger partial charge on any atom is -0.394 e. The summed E-state index contributed by atoms with van der Waals surface area (Å²) < 4.78 is 41.9. The molecule has 20 heavy (non-hydrogen) atoms. The van der Waals surface area contributed by atoms with Gasteiger partial charge in [0, 0.05) is 12.2 Å². The van der Waals surface area contributed by atoms with Gasteiger partial charge in [-0.15, -0.1) is 0 Å². The minimum atomic E-state index is -4.40. The van der Waals surface area contributed by atoms with Gasteiger partial charge in [0.15, 0.2) is 0 Å². The highest BCUT2D eigenvalue weighted by Gasteiger charge is 2.29. The molecule has 1 aromatic rings. The highest BCUT2D eigenvalue weighted by molar-refractivity contribution is 5.89. The average molecular weight is 292 g/mol. The molecule has 0 heterocycles. The van der Waals surface area contributed by atoms with Crippen LogP contribution in [0.25, 0.3) is 0 Å². The Bertz CT molecular complexity index is 421. The highest BCUT2D eigenvalue weighted by atomic mass is 19.4. The van der Waals surface area contributed by atoms with Crippen molar-refractivity contribution in [1.82, 2.24) is 5.32 Å². The number of carbonyl (C=O) groups is 1. The second-order valence-corrected chi connectivity index (χ2v) is 3.79. The molecule has 5 nitrogen and oxygen atoms in total. The van der Waals surface area contributed by atoms with Crippen LogP contribution < -0.4 is 10.6 Å². The van der Waals surface area contributed by atoms with E-state index in [1.807, 2.05) is 0 Å². The molecule has 0 saturated heterocycles. The predicted octanol–water partition coefficient (Wildman–Crippen LogP) is 1.84. The number of amides is 2. The van der Waals surface area contributed by atoms with E-state index in [-0.39, 0.29) is 32.1 Å². The summed E-state index contributed by atoms with van der Waals surface area (Å²) >= 11 is 0. The molecule has 112 valence electrons. The third-order valence-electron chi connectivity index (χ3n) is 2.24. The normalized spacial score (nSPS) is 11.2. The average Bonchev–Trinajstić information content (AvgIpc) is 2.38. The first-order chi connectivity index (χ1) is 9.43. The van der Waals surface area contributed by atoms with Crippen LogP contribution in [0.3, 0.4) is 0 Å². The molecule has 8 heteroatoms. The van der Waals surface area contributed by atoms with Gasteiger partial charge in [-0.1, -0.05) is 0 Å². The second kappa shape index (κ2) is 7.71. The molecule has 0 radical (unpaired) electrons. The first-order valence-corrected chi connectivity index (χ1v) is 5.84. The van der Waals surface area contributed by atoms with Crippen molar-refractivity contribution in [3.05, 3.63) is 29.8 Å². The number of ether oxygens (including phenoxy) is 1. The first kappa shape index (κ1) is 16.3. The van der Waals surface area contributed by atoms with E-state index in [0.29, 0.717) is 0 Å². The summed E-state index contributed by atoms with van der Waals surface area (Å²) in [6.45, 7) is 0.549. The fraction of sp³-hybridized carbons (Fsp3) is 0.417. The summed E-state index contributed by atoms with van der Waals surface area (Å²) in [5.41, 5.74) is -0.521. The van der Waals surface area contributed by atoms with Crippen molar-refractivity contribution in [2.75, 3.05) is 31.7 Å². The number of aliphatic hydroxyl groups excluding tert-OH is 1. The number of hydrogen-bond donors (Lipinski definition) is 3. The Balaban J connectivity index is 2.35. The lowest BCUT2D eigenvalue weighted by Crippen LogP contribution is -2.31. The molecule has 0 aromatic heterocycles. The van der Waals surface area contributed by atoms with Crippen molar-refractivity contribution in [1.29, 1.82) is 0 Å². The lowest BCUT2D eigenvalue weighted by Gasteiger charge is -2.10. The van der Waals surface area contributed by atoms with E-state index in [1.165, 1.54) is 12.1 Å². The minimum absolute atomic E-state index is 0.0995. The molecule has 1 rings (SSSR count). The van der Waals surface area contributed by atoms with E-state index in [1.54, 1.807) is 0 Å².